The van der Waals surface area contributed by atoms with Gasteiger partial charge < -0.3 is 10.8 Å². The molecule has 0 heterocycles. The molecular formula is C11H23NO. The van der Waals surface area contributed by atoms with E-state index in [-0.39, 0.29) is 5.41 Å². The Kier molecular flexibility index (Phi) is 3.03. The summed E-state index contributed by atoms with van der Waals surface area (Å²) in [4.78, 5) is 0. The zero-order valence-corrected chi connectivity index (χ0v) is 9.14. The van der Waals surface area contributed by atoms with E-state index in [0.717, 1.165) is 19.3 Å². The minimum absolute atomic E-state index is 0.288. The molecule has 2 unspecified atom stereocenters. The molecule has 0 aromatic heterocycles. The molecule has 2 heteroatoms. The molecule has 0 amide bonds. The zero-order chi connectivity index (χ0) is 10.1. The fourth-order valence-electron chi connectivity index (χ4n) is 2.55. The van der Waals surface area contributed by atoms with Crippen LogP contribution in [0.2, 0.25) is 0 Å². The Morgan fingerprint density at radius 3 is 2.62 bits per heavy atom. The molecule has 0 aromatic carbocycles. The summed E-state index contributed by atoms with van der Waals surface area (Å²) in [7, 11) is 0. The third kappa shape index (κ3) is 2.44. The van der Waals surface area contributed by atoms with Gasteiger partial charge >= 0.3 is 0 Å². The Morgan fingerprint density at radius 2 is 2.08 bits per heavy atom. The van der Waals surface area contributed by atoms with Gasteiger partial charge in [-0.1, -0.05) is 20.8 Å². The van der Waals surface area contributed by atoms with Crippen LogP contribution in [-0.2, 0) is 0 Å². The average Bonchev–Trinajstić information content (AvgIpc) is 1.97. The van der Waals surface area contributed by atoms with Crippen LogP contribution >= 0.6 is 0 Å². The van der Waals surface area contributed by atoms with Crippen molar-refractivity contribution in [3.8, 4) is 0 Å². The summed E-state index contributed by atoms with van der Waals surface area (Å²) in [6, 6.07) is 0. The summed E-state index contributed by atoms with van der Waals surface area (Å²) >= 11 is 0. The normalized spacial score (nSPS) is 39.0. The molecule has 1 fully saturated rings. The molecule has 78 valence electrons. The highest BCUT2D eigenvalue weighted by atomic mass is 16.3. The van der Waals surface area contributed by atoms with E-state index < -0.39 is 5.60 Å². The average molecular weight is 185 g/mol. The first-order chi connectivity index (χ1) is 5.90. The number of hydrogen-bond acceptors (Lipinski definition) is 2. The molecule has 1 saturated carbocycles. The number of aliphatic hydroxyl groups is 1. The lowest BCUT2D eigenvalue weighted by Crippen LogP contribution is -2.46. The second kappa shape index (κ2) is 3.58. The van der Waals surface area contributed by atoms with Crippen molar-refractivity contribution in [1.82, 2.24) is 0 Å². The molecule has 0 aliphatic heterocycles. The van der Waals surface area contributed by atoms with Gasteiger partial charge in [-0.25, -0.2) is 0 Å². The van der Waals surface area contributed by atoms with E-state index in [2.05, 4.69) is 20.8 Å². The van der Waals surface area contributed by atoms with Crippen LogP contribution in [0.4, 0.5) is 0 Å². The molecule has 0 aromatic rings. The van der Waals surface area contributed by atoms with E-state index in [1.165, 1.54) is 6.42 Å². The van der Waals surface area contributed by atoms with Crippen LogP contribution in [0, 0.1) is 11.3 Å². The Bertz CT molecular complexity index is 179. The largest absolute Gasteiger partial charge is 0.390 e. The lowest BCUT2D eigenvalue weighted by Gasteiger charge is -2.46. The van der Waals surface area contributed by atoms with Crippen LogP contribution in [0.5, 0.6) is 0 Å². The molecular weight excluding hydrogens is 162 g/mol. The third-order valence-corrected chi connectivity index (χ3v) is 3.53. The van der Waals surface area contributed by atoms with Crippen molar-refractivity contribution >= 4 is 0 Å². The quantitative estimate of drug-likeness (QED) is 0.690. The van der Waals surface area contributed by atoms with E-state index in [0.29, 0.717) is 12.5 Å². The molecule has 1 aliphatic rings. The highest BCUT2D eigenvalue weighted by Gasteiger charge is 2.42. The first kappa shape index (κ1) is 11.0. The molecule has 1 rings (SSSR count). The molecule has 0 bridgehead atoms. The van der Waals surface area contributed by atoms with Gasteiger partial charge in [0, 0.05) is 0 Å². The Labute approximate surface area is 81.5 Å². The van der Waals surface area contributed by atoms with Gasteiger partial charge in [0.15, 0.2) is 0 Å². The summed E-state index contributed by atoms with van der Waals surface area (Å²) in [5.74, 6) is 0.407. The highest BCUT2D eigenvalue weighted by Crippen LogP contribution is 2.45. The Balaban J connectivity index is 2.69. The van der Waals surface area contributed by atoms with E-state index in [4.69, 9.17) is 5.73 Å². The van der Waals surface area contributed by atoms with Crippen molar-refractivity contribution in [2.45, 2.75) is 52.1 Å². The summed E-state index contributed by atoms with van der Waals surface area (Å²) < 4.78 is 0. The van der Waals surface area contributed by atoms with Crippen molar-refractivity contribution in [3.05, 3.63) is 0 Å². The van der Waals surface area contributed by atoms with Crippen LogP contribution in [-0.4, -0.2) is 17.3 Å². The maximum absolute atomic E-state index is 10.4. The van der Waals surface area contributed by atoms with E-state index >= 15 is 0 Å². The van der Waals surface area contributed by atoms with Gasteiger partial charge in [-0.05, 0) is 43.6 Å². The minimum Gasteiger partial charge on any atom is -0.390 e. The van der Waals surface area contributed by atoms with Crippen LogP contribution in [0.15, 0.2) is 0 Å². The summed E-state index contributed by atoms with van der Waals surface area (Å²) in [6.07, 6.45) is 4.00. The lowest BCUT2D eigenvalue weighted by atomic mass is 9.64. The van der Waals surface area contributed by atoms with Gasteiger partial charge in [-0.3, -0.25) is 0 Å². The van der Waals surface area contributed by atoms with Gasteiger partial charge in [0.25, 0.3) is 0 Å². The van der Waals surface area contributed by atoms with Crippen molar-refractivity contribution in [3.63, 3.8) is 0 Å². The van der Waals surface area contributed by atoms with Crippen molar-refractivity contribution < 1.29 is 5.11 Å². The predicted octanol–water partition coefficient (Wildman–Crippen LogP) is 1.91. The van der Waals surface area contributed by atoms with E-state index in [1.54, 1.807) is 0 Å². The molecule has 2 nitrogen and oxygen atoms in total. The van der Waals surface area contributed by atoms with Crippen molar-refractivity contribution in [2.24, 2.45) is 17.1 Å². The summed E-state index contributed by atoms with van der Waals surface area (Å²) in [5.41, 5.74) is 5.32. The lowest BCUT2D eigenvalue weighted by molar-refractivity contribution is -0.0832. The second-order valence-electron chi connectivity index (χ2n) is 5.42. The standard InChI is InChI=1S/C11H23NO/c1-9-4-5-10(2,3)8-11(9,13)6-7-12/h9,13H,4-8,12H2,1-3H3. The van der Waals surface area contributed by atoms with Crippen LogP contribution in [0.1, 0.15) is 46.5 Å². The number of nitrogens with two attached hydrogens (primary N) is 1. The summed E-state index contributed by atoms with van der Waals surface area (Å²) in [6.45, 7) is 7.21. The van der Waals surface area contributed by atoms with Gasteiger partial charge in [0.1, 0.15) is 0 Å². The maximum atomic E-state index is 10.4. The summed E-state index contributed by atoms with van der Waals surface area (Å²) in [5, 5.41) is 10.4. The monoisotopic (exact) mass is 185 g/mol. The van der Waals surface area contributed by atoms with Crippen molar-refractivity contribution in [1.29, 1.82) is 0 Å². The molecule has 0 spiro atoms. The molecule has 0 radical (unpaired) electrons. The molecule has 1 aliphatic carbocycles. The minimum atomic E-state index is -0.503. The third-order valence-electron chi connectivity index (χ3n) is 3.53. The van der Waals surface area contributed by atoms with Gasteiger partial charge in [-0.15, -0.1) is 0 Å². The van der Waals surface area contributed by atoms with Crippen LogP contribution in [0.3, 0.4) is 0 Å². The molecule has 2 atom stereocenters. The van der Waals surface area contributed by atoms with Crippen molar-refractivity contribution in [2.75, 3.05) is 6.54 Å². The number of hydrogen-bond donors (Lipinski definition) is 2. The fraction of sp³-hybridized carbons (Fsp3) is 1.00. The van der Waals surface area contributed by atoms with Crippen LogP contribution < -0.4 is 5.73 Å². The smallest absolute Gasteiger partial charge is 0.0690 e. The molecule has 0 saturated heterocycles. The molecule has 3 N–H and O–H groups in total. The SMILES string of the molecule is CC1CCC(C)(C)CC1(O)CCN. The zero-order valence-electron chi connectivity index (χ0n) is 9.14. The highest BCUT2D eigenvalue weighted by molar-refractivity contribution is 4.94. The number of rotatable bonds is 2. The first-order valence-corrected chi connectivity index (χ1v) is 5.32. The van der Waals surface area contributed by atoms with Crippen LogP contribution in [0.25, 0.3) is 0 Å². The topological polar surface area (TPSA) is 46.2 Å². The Hall–Kier alpha value is -0.0800. The Morgan fingerprint density at radius 1 is 1.46 bits per heavy atom. The second-order valence-corrected chi connectivity index (χ2v) is 5.42. The first-order valence-electron chi connectivity index (χ1n) is 5.32. The van der Waals surface area contributed by atoms with Gasteiger partial charge in [0.2, 0.25) is 0 Å². The van der Waals surface area contributed by atoms with Gasteiger partial charge in [-0.2, -0.15) is 0 Å². The molecule has 13 heavy (non-hydrogen) atoms. The van der Waals surface area contributed by atoms with E-state index in [9.17, 15) is 5.11 Å². The predicted molar refractivity (Wildman–Crippen MR) is 55.4 cm³/mol. The van der Waals surface area contributed by atoms with E-state index in [1.807, 2.05) is 0 Å². The maximum Gasteiger partial charge on any atom is 0.0690 e. The fourth-order valence-corrected chi connectivity index (χ4v) is 2.55. The van der Waals surface area contributed by atoms with Gasteiger partial charge in [0.05, 0.1) is 5.60 Å².